The van der Waals surface area contributed by atoms with Gasteiger partial charge in [0.2, 0.25) is 5.91 Å². The van der Waals surface area contributed by atoms with Gasteiger partial charge in [-0.3, -0.25) is 9.69 Å². The third-order valence-electron chi connectivity index (χ3n) is 5.64. The van der Waals surface area contributed by atoms with Crippen LogP contribution in [0, 0.1) is 0 Å². The first-order valence-corrected chi connectivity index (χ1v) is 10.4. The number of carbonyl (C=O) groups is 1. The number of amides is 1. The molecule has 26 heavy (non-hydrogen) atoms. The maximum Gasteiger partial charge on any atom is 0.241 e. The molecule has 4 rings (SSSR count). The molecule has 3 atom stereocenters. The van der Waals surface area contributed by atoms with Crippen molar-refractivity contribution >= 4 is 21.8 Å². The van der Waals surface area contributed by atoms with Crippen molar-refractivity contribution in [3.8, 4) is 0 Å². The summed E-state index contributed by atoms with van der Waals surface area (Å²) in [5, 5.41) is 0. The number of hydrazine groups is 1. The first-order chi connectivity index (χ1) is 12.7. The van der Waals surface area contributed by atoms with Gasteiger partial charge in [0.05, 0.1) is 6.10 Å². The molecule has 142 valence electrons. The molecule has 0 radical (unpaired) electrons. The van der Waals surface area contributed by atoms with Crippen molar-refractivity contribution in [1.82, 2.24) is 20.7 Å². The zero-order chi connectivity index (χ0) is 17.9. The van der Waals surface area contributed by atoms with E-state index in [2.05, 4.69) is 43.8 Å². The minimum atomic E-state index is -0.145. The average molecular weight is 423 g/mol. The van der Waals surface area contributed by atoms with Gasteiger partial charge in [0.25, 0.3) is 0 Å². The Kier molecular flexibility index (Phi) is 5.90. The summed E-state index contributed by atoms with van der Waals surface area (Å²) >= 11 is 3.46. The van der Waals surface area contributed by atoms with Crippen LogP contribution >= 0.6 is 15.9 Å². The molecule has 6 nitrogen and oxygen atoms in total. The molecule has 7 heteroatoms. The van der Waals surface area contributed by atoms with Crippen LogP contribution in [0.5, 0.6) is 0 Å². The highest BCUT2D eigenvalue weighted by Gasteiger charge is 2.34. The zero-order valence-electron chi connectivity index (χ0n) is 15.0. The maximum absolute atomic E-state index is 12.9. The molecule has 0 aliphatic carbocycles. The zero-order valence-corrected chi connectivity index (χ0v) is 16.6. The van der Waals surface area contributed by atoms with Crippen LogP contribution in [0.1, 0.15) is 30.9 Å². The Morgan fingerprint density at radius 2 is 1.92 bits per heavy atom. The summed E-state index contributed by atoms with van der Waals surface area (Å²) in [7, 11) is 0. The molecule has 3 saturated heterocycles. The van der Waals surface area contributed by atoms with E-state index in [9.17, 15) is 4.79 Å². The van der Waals surface area contributed by atoms with Crippen LogP contribution in [0.2, 0.25) is 0 Å². The number of nitrogens with one attached hydrogen (secondary N) is 2. The van der Waals surface area contributed by atoms with E-state index in [1.165, 1.54) is 18.4 Å². The van der Waals surface area contributed by atoms with Gasteiger partial charge >= 0.3 is 0 Å². The first kappa shape index (κ1) is 18.4. The summed E-state index contributed by atoms with van der Waals surface area (Å²) in [5.41, 5.74) is 7.69. The van der Waals surface area contributed by atoms with Crippen molar-refractivity contribution in [1.29, 1.82) is 0 Å². The molecular formula is C19H27BrN4O2. The molecule has 0 saturated carbocycles. The summed E-state index contributed by atoms with van der Waals surface area (Å²) in [6.45, 7) is 5.43. The minimum Gasteiger partial charge on any atom is -0.377 e. The molecule has 2 N–H and O–H groups in total. The molecule has 0 aromatic heterocycles. The number of nitrogens with zero attached hydrogens (tertiary/aromatic N) is 2. The van der Waals surface area contributed by atoms with Gasteiger partial charge in [-0.1, -0.05) is 28.1 Å². The van der Waals surface area contributed by atoms with Crippen LogP contribution in [0.25, 0.3) is 0 Å². The molecule has 1 amide bonds. The summed E-state index contributed by atoms with van der Waals surface area (Å²) in [4.78, 5) is 17.3. The standard InChI is InChI=1S/C19H27BrN4O2/c20-15-5-3-14(4-6-15)17-12-18(22-21-17)19(25)24-9-7-23(8-10-24)13-16-2-1-11-26-16/h3-6,16-18,21-22H,1-2,7-13H2. The van der Waals surface area contributed by atoms with E-state index >= 15 is 0 Å². The molecule has 1 aromatic rings. The Morgan fingerprint density at radius 3 is 2.62 bits per heavy atom. The van der Waals surface area contributed by atoms with E-state index < -0.39 is 0 Å². The van der Waals surface area contributed by atoms with E-state index in [0.717, 1.165) is 50.2 Å². The predicted octanol–water partition coefficient (Wildman–Crippen LogP) is 1.68. The second-order valence-corrected chi connectivity index (χ2v) is 8.36. The van der Waals surface area contributed by atoms with Gasteiger partial charge in [-0.2, -0.15) is 0 Å². The molecule has 3 unspecified atom stereocenters. The highest BCUT2D eigenvalue weighted by Crippen LogP contribution is 2.25. The number of benzene rings is 1. The normalized spacial score (nSPS) is 30.0. The van der Waals surface area contributed by atoms with Crippen molar-refractivity contribution in [3.05, 3.63) is 34.3 Å². The number of piperazine rings is 1. The summed E-state index contributed by atoms with van der Waals surface area (Å²) in [6.07, 6.45) is 3.54. The lowest BCUT2D eigenvalue weighted by Crippen LogP contribution is -2.54. The highest BCUT2D eigenvalue weighted by molar-refractivity contribution is 9.10. The van der Waals surface area contributed by atoms with Crippen molar-refractivity contribution in [2.75, 3.05) is 39.3 Å². The summed E-state index contributed by atoms with van der Waals surface area (Å²) in [6, 6.07) is 8.31. The quantitative estimate of drug-likeness (QED) is 0.772. The number of halogens is 1. The second-order valence-electron chi connectivity index (χ2n) is 7.44. The van der Waals surface area contributed by atoms with E-state index in [-0.39, 0.29) is 18.0 Å². The lowest BCUT2D eigenvalue weighted by Gasteiger charge is -2.36. The fraction of sp³-hybridized carbons (Fsp3) is 0.632. The first-order valence-electron chi connectivity index (χ1n) is 9.58. The number of hydrogen-bond donors (Lipinski definition) is 2. The lowest BCUT2D eigenvalue weighted by atomic mass is 10.0. The van der Waals surface area contributed by atoms with Gasteiger partial charge in [0, 0.05) is 49.8 Å². The van der Waals surface area contributed by atoms with Crippen molar-refractivity contribution in [2.24, 2.45) is 0 Å². The minimum absolute atomic E-state index is 0.145. The predicted molar refractivity (Wildman–Crippen MR) is 104 cm³/mol. The molecule has 1 aromatic carbocycles. The van der Waals surface area contributed by atoms with Crippen molar-refractivity contribution in [3.63, 3.8) is 0 Å². The smallest absolute Gasteiger partial charge is 0.241 e. The third-order valence-corrected chi connectivity index (χ3v) is 6.17. The molecule has 3 aliphatic heterocycles. The summed E-state index contributed by atoms with van der Waals surface area (Å²) in [5.74, 6) is 0.217. The van der Waals surface area contributed by atoms with Crippen LogP contribution in [-0.4, -0.2) is 67.2 Å². The number of carbonyl (C=O) groups excluding carboxylic acids is 1. The van der Waals surface area contributed by atoms with Crippen molar-refractivity contribution in [2.45, 2.75) is 37.5 Å². The van der Waals surface area contributed by atoms with Crippen LogP contribution in [-0.2, 0) is 9.53 Å². The average Bonchev–Trinajstić information content (AvgIpc) is 3.34. The second kappa shape index (κ2) is 8.35. The Hall–Kier alpha value is -0.990. The number of ether oxygens (including phenoxy) is 1. The fourth-order valence-electron chi connectivity index (χ4n) is 4.08. The van der Waals surface area contributed by atoms with E-state index in [1.807, 2.05) is 17.0 Å². The van der Waals surface area contributed by atoms with Gasteiger partial charge in [-0.15, -0.1) is 0 Å². The SMILES string of the molecule is O=C(C1CC(c2ccc(Br)cc2)NN1)N1CCN(CC2CCCO2)CC1. The topological polar surface area (TPSA) is 56.8 Å². The van der Waals surface area contributed by atoms with Crippen LogP contribution in [0.4, 0.5) is 0 Å². The molecule has 3 fully saturated rings. The molecule has 0 spiro atoms. The maximum atomic E-state index is 12.9. The third kappa shape index (κ3) is 4.28. The summed E-state index contributed by atoms with van der Waals surface area (Å²) < 4.78 is 6.80. The van der Waals surface area contributed by atoms with Crippen LogP contribution in [0.15, 0.2) is 28.7 Å². The molecule has 3 heterocycles. The molecule has 0 bridgehead atoms. The lowest BCUT2D eigenvalue weighted by molar-refractivity contribution is -0.135. The van der Waals surface area contributed by atoms with E-state index in [4.69, 9.17) is 4.74 Å². The van der Waals surface area contributed by atoms with Gasteiger partial charge in [0.15, 0.2) is 0 Å². The Balaban J connectivity index is 1.25. The van der Waals surface area contributed by atoms with Crippen LogP contribution in [0.3, 0.4) is 0 Å². The van der Waals surface area contributed by atoms with Gasteiger partial charge in [-0.05, 0) is 37.0 Å². The highest BCUT2D eigenvalue weighted by atomic mass is 79.9. The van der Waals surface area contributed by atoms with E-state index in [0.29, 0.717) is 6.10 Å². The van der Waals surface area contributed by atoms with Gasteiger partial charge < -0.3 is 9.64 Å². The molecule has 3 aliphatic rings. The number of rotatable bonds is 4. The monoisotopic (exact) mass is 422 g/mol. The van der Waals surface area contributed by atoms with E-state index in [1.54, 1.807) is 0 Å². The largest absolute Gasteiger partial charge is 0.377 e. The molecular weight excluding hydrogens is 396 g/mol. The number of hydrogen-bond acceptors (Lipinski definition) is 5. The van der Waals surface area contributed by atoms with Crippen molar-refractivity contribution < 1.29 is 9.53 Å². The van der Waals surface area contributed by atoms with Gasteiger partial charge in [0.1, 0.15) is 6.04 Å². The Bertz CT molecular complexity index is 612. The van der Waals surface area contributed by atoms with Crippen LogP contribution < -0.4 is 10.9 Å². The fourth-order valence-corrected chi connectivity index (χ4v) is 4.34. The van der Waals surface area contributed by atoms with Gasteiger partial charge in [-0.25, -0.2) is 10.9 Å². The Labute approximate surface area is 163 Å². The Morgan fingerprint density at radius 1 is 1.15 bits per heavy atom.